The van der Waals surface area contributed by atoms with Gasteiger partial charge in [0, 0.05) is 37.7 Å². The van der Waals surface area contributed by atoms with Crippen molar-refractivity contribution in [1.29, 1.82) is 0 Å². The van der Waals surface area contributed by atoms with Gasteiger partial charge in [-0.25, -0.2) is 13.1 Å². The number of carbonyl (C=O) groups excluding carboxylic acids is 3. The van der Waals surface area contributed by atoms with Crippen molar-refractivity contribution in [3.8, 4) is 0 Å². The fourth-order valence-corrected chi connectivity index (χ4v) is 6.26. The predicted octanol–water partition coefficient (Wildman–Crippen LogP) is 0.753. The highest BCUT2D eigenvalue weighted by Crippen LogP contribution is 2.22. The zero-order valence-electron chi connectivity index (χ0n) is 22.1. The maximum Gasteiger partial charge on any atom is 0.243 e. The van der Waals surface area contributed by atoms with Crippen molar-refractivity contribution in [3.63, 3.8) is 0 Å². The lowest BCUT2D eigenvalue weighted by Gasteiger charge is -2.41. The van der Waals surface area contributed by atoms with E-state index in [9.17, 15) is 22.8 Å². The number of carbonyl (C=O) groups is 3. The van der Waals surface area contributed by atoms with E-state index in [1.54, 1.807) is 53.4 Å². The topological polar surface area (TPSA) is 151 Å². The van der Waals surface area contributed by atoms with Crippen LogP contribution in [0.3, 0.4) is 0 Å². The molecular formula is C27H34ClN5O6S. The van der Waals surface area contributed by atoms with Crippen molar-refractivity contribution in [2.45, 2.75) is 43.8 Å². The van der Waals surface area contributed by atoms with E-state index in [-0.39, 0.29) is 43.6 Å². The molecule has 216 valence electrons. The standard InChI is InChI=1S/C27H34ClN5O6S/c28-22-7-6-20(16-29)21(14-22)17-30-26(35)24-8-9-33(24)27(36)23(15-25(34)32-10-12-39-13-11-32)31-40(37,38)18-19-4-2-1-3-5-19/h1-7,14,23-24,31H,8-13,15-18,29H2,(H,30,35)/t23-,24+/m1/s1. The average molecular weight is 592 g/mol. The number of ether oxygens (including phenoxy) is 1. The number of benzene rings is 2. The summed E-state index contributed by atoms with van der Waals surface area (Å²) in [6.07, 6.45) is 0.0534. The molecule has 40 heavy (non-hydrogen) atoms. The predicted molar refractivity (Wildman–Crippen MR) is 149 cm³/mol. The summed E-state index contributed by atoms with van der Waals surface area (Å²) in [6.45, 7) is 2.18. The molecule has 0 unspecified atom stereocenters. The van der Waals surface area contributed by atoms with Crippen LogP contribution >= 0.6 is 11.6 Å². The Kier molecular flexibility index (Phi) is 10.1. The van der Waals surface area contributed by atoms with Crippen molar-refractivity contribution in [2.24, 2.45) is 5.73 Å². The molecular weight excluding hydrogens is 558 g/mol. The highest BCUT2D eigenvalue weighted by molar-refractivity contribution is 7.88. The summed E-state index contributed by atoms with van der Waals surface area (Å²) in [5.41, 5.74) is 7.93. The zero-order valence-corrected chi connectivity index (χ0v) is 23.6. The number of hydrogen-bond acceptors (Lipinski definition) is 7. The van der Waals surface area contributed by atoms with Gasteiger partial charge in [-0.2, -0.15) is 0 Å². The van der Waals surface area contributed by atoms with Gasteiger partial charge in [-0.15, -0.1) is 0 Å². The number of nitrogens with zero attached hydrogens (tertiary/aromatic N) is 2. The molecule has 0 bridgehead atoms. The van der Waals surface area contributed by atoms with E-state index in [1.165, 1.54) is 4.90 Å². The quantitative estimate of drug-likeness (QED) is 0.349. The maximum atomic E-state index is 13.6. The third-order valence-corrected chi connectivity index (χ3v) is 8.60. The molecule has 0 aromatic heterocycles. The van der Waals surface area contributed by atoms with Gasteiger partial charge in [0.25, 0.3) is 0 Å². The first-order valence-corrected chi connectivity index (χ1v) is 15.1. The number of hydrogen-bond donors (Lipinski definition) is 3. The molecule has 0 saturated carbocycles. The zero-order chi connectivity index (χ0) is 28.7. The van der Waals surface area contributed by atoms with E-state index in [1.807, 2.05) is 0 Å². The van der Waals surface area contributed by atoms with Crippen LogP contribution in [0.2, 0.25) is 5.02 Å². The summed E-state index contributed by atoms with van der Waals surface area (Å²) in [5.74, 6) is -1.71. The lowest BCUT2D eigenvalue weighted by atomic mass is 9.99. The Bertz CT molecular complexity index is 1320. The van der Waals surface area contributed by atoms with E-state index < -0.39 is 28.0 Å². The second-order valence-corrected chi connectivity index (χ2v) is 12.0. The van der Waals surface area contributed by atoms with Crippen LogP contribution in [0.4, 0.5) is 0 Å². The molecule has 11 nitrogen and oxygen atoms in total. The number of halogens is 1. The fraction of sp³-hybridized carbons (Fsp3) is 0.444. The molecule has 2 aromatic carbocycles. The first-order chi connectivity index (χ1) is 19.2. The largest absolute Gasteiger partial charge is 0.378 e. The van der Waals surface area contributed by atoms with Crippen LogP contribution in [-0.4, -0.2) is 80.9 Å². The van der Waals surface area contributed by atoms with E-state index in [0.717, 1.165) is 11.1 Å². The van der Waals surface area contributed by atoms with Crippen LogP contribution in [0.15, 0.2) is 48.5 Å². The Labute approximate surface area is 239 Å². The smallest absolute Gasteiger partial charge is 0.243 e. The highest BCUT2D eigenvalue weighted by atomic mass is 35.5. The van der Waals surface area contributed by atoms with Gasteiger partial charge < -0.3 is 25.6 Å². The molecule has 4 N–H and O–H groups in total. The Hall–Kier alpha value is -3.03. The van der Waals surface area contributed by atoms with Crippen molar-refractivity contribution in [2.75, 3.05) is 32.8 Å². The van der Waals surface area contributed by atoms with Crippen LogP contribution < -0.4 is 15.8 Å². The molecule has 4 rings (SSSR count). The van der Waals surface area contributed by atoms with Crippen LogP contribution in [0.1, 0.15) is 29.5 Å². The summed E-state index contributed by atoms with van der Waals surface area (Å²) < 4.78 is 33.8. The summed E-state index contributed by atoms with van der Waals surface area (Å²) >= 11 is 6.09. The molecule has 0 aliphatic carbocycles. The number of morpholine rings is 1. The lowest BCUT2D eigenvalue weighted by molar-refractivity contribution is -0.150. The van der Waals surface area contributed by atoms with Crippen molar-refractivity contribution in [3.05, 3.63) is 70.2 Å². The molecule has 2 heterocycles. The third-order valence-electron chi connectivity index (χ3n) is 7.01. The van der Waals surface area contributed by atoms with Gasteiger partial charge in [-0.1, -0.05) is 48.0 Å². The molecule has 2 aliphatic heterocycles. The van der Waals surface area contributed by atoms with Crippen molar-refractivity contribution >= 4 is 39.3 Å². The molecule has 0 radical (unpaired) electrons. The van der Waals surface area contributed by atoms with E-state index in [2.05, 4.69) is 10.0 Å². The normalized spacial score (nSPS) is 18.1. The van der Waals surface area contributed by atoms with Gasteiger partial charge in [0.05, 0.1) is 25.4 Å². The van der Waals surface area contributed by atoms with E-state index >= 15 is 0 Å². The second kappa shape index (κ2) is 13.6. The molecule has 13 heteroatoms. The Morgan fingerprint density at radius 1 is 1.05 bits per heavy atom. The lowest BCUT2D eigenvalue weighted by Crippen LogP contribution is -2.63. The maximum absolute atomic E-state index is 13.6. The van der Waals surface area contributed by atoms with Crippen LogP contribution in [-0.2, 0) is 48.0 Å². The average Bonchev–Trinajstić information content (AvgIpc) is 2.91. The minimum absolute atomic E-state index is 0.174. The molecule has 2 aromatic rings. The number of nitrogens with two attached hydrogens (primary N) is 1. The summed E-state index contributed by atoms with van der Waals surface area (Å²) in [5, 5.41) is 3.34. The van der Waals surface area contributed by atoms with E-state index in [4.69, 9.17) is 22.1 Å². The van der Waals surface area contributed by atoms with Crippen LogP contribution in [0.25, 0.3) is 0 Å². The molecule has 3 amide bonds. The molecule has 0 spiro atoms. The molecule has 2 aliphatic rings. The van der Waals surface area contributed by atoms with Gasteiger partial charge in [0.1, 0.15) is 12.1 Å². The summed E-state index contributed by atoms with van der Waals surface area (Å²) in [6, 6.07) is 11.7. The SMILES string of the molecule is NCc1ccc(Cl)cc1CNC(=O)[C@@H]1CCN1C(=O)[C@@H](CC(=O)N1CCOCC1)NS(=O)(=O)Cc1ccccc1. The molecule has 2 fully saturated rings. The monoisotopic (exact) mass is 591 g/mol. The minimum Gasteiger partial charge on any atom is -0.378 e. The van der Waals surface area contributed by atoms with Gasteiger partial charge >= 0.3 is 0 Å². The van der Waals surface area contributed by atoms with Crippen molar-refractivity contribution < 1.29 is 27.5 Å². The van der Waals surface area contributed by atoms with E-state index in [0.29, 0.717) is 43.3 Å². The third kappa shape index (κ3) is 7.79. The number of rotatable bonds is 11. The number of nitrogens with one attached hydrogen (secondary N) is 2. The minimum atomic E-state index is -3.99. The molecule has 2 atom stereocenters. The van der Waals surface area contributed by atoms with Crippen molar-refractivity contribution in [1.82, 2.24) is 19.8 Å². The second-order valence-electron chi connectivity index (χ2n) is 9.78. The summed E-state index contributed by atoms with van der Waals surface area (Å²) in [7, 11) is -3.99. The Morgan fingerprint density at radius 3 is 2.42 bits per heavy atom. The summed E-state index contributed by atoms with van der Waals surface area (Å²) in [4.78, 5) is 42.5. The number of sulfonamides is 1. The van der Waals surface area contributed by atoms with Crippen LogP contribution in [0.5, 0.6) is 0 Å². The van der Waals surface area contributed by atoms with Gasteiger partial charge in [0.15, 0.2) is 0 Å². The number of amides is 3. The van der Waals surface area contributed by atoms with Gasteiger partial charge in [-0.3, -0.25) is 14.4 Å². The molecule has 2 saturated heterocycles. The first-order valence-electron chi connectivity index (χ1n) is 13.1. The van der Waals surface area contributed by atoms with Gasteiger partial charge in [0.2, 0.25) is 27.7 Å². The number of likely N-dealkylation sites (tertiary alicyclic amines) is 1. The fourth-order valence-electron chi connectivity index (χ4n) is 4.73. The Balaban J connectivity index is 1.45. The van der Waals surface area contributed by atoms with Gasteiger partial charge in [-0.05, 0) is 35.2 Å². The highest BCUT2D eigenvalue weighted by Gasteiger charge is 2.42. The first kappa shape index (κ1) is 29.9. The Morgan fingerprint density at radius 2 is 1.77 bits per heavy atom. The van der Waals surface area contributed by atoms with Crippen LogP contribution in [0, 0.1) is 0 Å².